The summed E-state index contributed by atoms with van der Waals surface area (Å²) >= 11 is 3.19. The minimum atomic E-state index is -3.71. The predicted molar refractivity (Wildman–Crippen MR) is 118 cm³/mol. The summed E-state index contributed by atoms with van der Waals surface area (Å²) in [6, 6.07) is 12.2. The highest BCUT2D eigenvalue weighted by Gasteiger charge is 2.22. The summed E-state index contributed by atoms with van der Waals surface area (Å²) < 4.78 is 31.2. The molecule has 0 atom stereocenters. The maximum absolute atomic E-state index is 12.3. The first kappa shape index (κ1) is 24.0. The molecule has 0 radical (unpaired) electrons. The number of benzene rings is 2. The predicted octanol–water partition coefficient (Wildman–Crippen LogP) is 2.91. The molecular formula is C21H25BrN2O5S. The number of amides is 1. The molecule has 7 nitrogen and oxygen atoms in total. The maximum atomic E-state index is 12.3. The third-order valence-electron chi connectivity index (χ3n) is 4.34. The molecule has 2 rings (SSSR count). The van der Waals surface area contributed by atoms with Gasteiger partial charge in [0.25, 0.3) is 0 Å². The molecule has 30 heavy (non-hydrogen) atoms. The van der Waals surface area contributed by atoms with E-state index in [1.54, 1.807) is 0 Å². The molecule has 0 aliphatic heterocycles. The molecule has 0 spiro atoms. The zero-order valence-electron chi connectivity index (χ0n) is 17.1. The van der Waals surface area contributed by atoms with E-state index < -0.39 is 16.0 Å². The monoisotopic (exact) mass is 496 g/mol. The van der Waals surface area contributed by atoms with Gasteiger partial charge < -0.3 is 10.1 Å². The number of nitrogens with zero attached hydrogens (tertiary/aromatic N) is 1. The van der Waals surface area contributed by atoms with Gasteiger partial charge in [0, 0.05) is 25.0 Å². The Kier molecular flexibility index (Phi) is 8.57. The average molecular weight is 497 g/mol. The molecule has 0 saturated heterocycles. The van der Waals surface area contributed by atoms with Gasteiger partial charge in [0.1, 0.15) is 6.61 Å². The molecular weight excluding hydrogens is 472 g/mol. The third-order valence-corrected chi connectivity index (χ3v) is 7.15. The van der Waals surface area contributed by atoms with E-state index >= 15 is 0 Å². The summed E-state index contributed by atoms with van der Waals surface area (Å²) in [5, 5.41) is 2.70. The molecule has 0 fully saturated rings. The smallest absolute Gasteiger partial charge is 0.338 e. The molecule has 2 aromatic carbocycles. The van der Waals surface area contributed by atoms with E-state index in [-0.39, 0.29) is 29.5 Å². The van der Waals surface area contributed by atoms with Gasteiger partial charge in [0.15, 0.2) is 0 Å². The quantitative estimate of drug-likeness (QED) is 0.425. The largest absolute Gasteiger partial charge is 0.460 e. The first-order valence-corrected chi connectivity index (χ1v) is 11.6. The minimum absolute atomic E-state index is 0.0130. The van der Waals surface area contributed by atoms with E-state index in [9.17, 15) is 18.0 Å². The number of carbonyl (C=O) groups is 2. The van der Waals surface area contributed by atoms with E-state index in [1.807, 2.05) is 31.2 Å². The normalized spacial score (nSPS) is 11.4. The van der Waals surface area contributed by atoms with Crippen molar-refractivity contribution in [1.82, 2.24) is 9.62 Å². The van der Waals surface area contributed by atoms with Gasteiger partial charge in [-0.2, -0.15) is 0 Å². The fourth-order valence-corrected chi connectivity index (χ4v) is 4.39. The van der Waals surface area contributed by atoms with Crippen LogP contribution in [0.5, 0.6) is 0 Å². The zero-order chi connectivity index (χ0) is 22.3. The van der Waals surface area contributed by atoms with Crippen LogP contribution in [0.25, 0.3) is 0 Å². The van der Waals surface area contributed by atoms with Crippen LogP contribution in [0.2, 0.25) is 0 Å². The molecule has 162 valence electrons. The summed E-state index contributed by atoms with van der Waals surface area (Å²) in [6.07, 6.45) is 0.976. The fourth-order valence-electron chi connectivity index (χ4n) is 2.54. The Bertz CT molecular complexity index is 1000. The Hall–Kier alpha value is -2.23. The molecule has 1 amide bonds. The number of rotatable bonds is 9. The number of esters is 1. The van der Waals surface area contributed by atoms with Crippen LogP contribution in [0, 0.1) is 6.92 Å². The highest BCUT2D eigenvalue weighted by atomic mass is 79.9. The summed E-state index contributed by atoms with van der Waals surface area (Å²) in [7, 11) is -0.888. The summed E-state index contributed by atoms with van der Waals surface area (Å²) in [5.74, 6) is -0.791. The van der Waals surface area contributed by atoms with Crippen LogP contribution >= 0.6 is 15.9 Å². The number of carbonyl (C=O) groups excluding carboxylic acids is 2. The summed E-state index contributed by atoms with van der Waals surface area (Å²) in [5.41, 5.74) is 2.37. The van der Waals surface area contributed by atoms with Crippen LogP contribution in [0.4, 0.5) is 0 Å². The van der Waals surface area contributed by atoms with E-state index in [0.717, 1.165) is 9.87 Å². The first-order chi connectivity index (χ1) is 14.1. The number of aryl methyl sites for hydroxylation is 2. The van der Waals surface area contributed by atoms with Crippen LogP contribution in [0.1, 0.15) is 27.9 Å². The molecule has 2 aromatic rings. The molecule has 0 aliphatic carbocycles. The van der Waals surface area contributed by atoms with E-state index in [1.165, 1.54) is 37.9 Å². The van der Waals surface area contributed by atoms with Crippen molar-refractivity contribution in [2.45, 2.75) is 24.7 Å². The number of sulfonamides is 1. The van der Waals surface area contributed by atoms with Crippen molar-refractivity contribution in [1.29, 1.82) is 0 Å². The Balaban J connectivity index is 1.82. The van der Waals surface area contributed by atoms with Gasteiger partial charge in [0.05, 0.1) is 17.0 Å². The lowest BCUT2D eigenvalue weighted by Gasteiger charge is -2.14. The zero-order valence-corrected chi connectivity index (χ0v) is 19.5. The number of hydrogen-bond acceptors (Lipinski definition) is 5. The molecule has 1 N–H and O–H groups in total. The van der Waals surface area contributed by atoms with E-state index in [2.05, 4.69) is 21.2 Å². The minimum Gasteiger partial charge on any atom is -0.460 e. The second-order valence-corrected chi connectivity index (χ2v) is 9.88. The molecule has 0 unspecified atom stereocenters. The third kappa shape index (κ3) is 6.65. The molecule has 0 saturated carbocycles. The second kappa shape index (κ2) is 10.7. The highest BCUT2D eigenvalue weighted by molar-refractivity contribution is 9.10. The van der Waals surface area contributed by atoms with Crippen LogP contribution < -0.4 is 5.32 Å². The number of hydrogen-bond donors (Lipinski definition) is 1. The number of halogens is 1. The van der Waals surface area contributed by atoms with Gasteiger partial charge in [-0.25, -0.2) is 17.5 Å². The van der Waals surface area contributed by atoms with Crippen LogP contribution in [0.3, 0.4) is 0 Å². The molecule has 0 heterocycles. The first-order valence-electron chi connectivity index (χ1n) is 9.32. The summed E-state index contributed by atoms with van der Waals surface area (Å²) in [6.45, 7) is 2.17. The van der Waals surface area contributed by atoms with Crippen molar-refractivity contribution in [3.05, 3.63) is 63.6 Å². The Morgan fingerprint density at radius 2 is 1.77 bits per heavy atom. The number of nitrogens with one attached hydrogen (secondary N) is 1. The van der Waals surface area contributed by atoms with E-state index in [4.69, 9.17) is 4.74 Å². The van der Waals surface area contributed by atoms with Gasteiger partial charge in [-0.15, -0.1) is 0 Å². The van der Waals surface area contributed by atoms with Crippen molar-refractivity contribution in [2.75, 3.05) is 27.2 Å². The average Bonchev–Trinajstić information content (AvgIpc) is 2.70. The SMILES string of the molecule is Cc1ccc(CCC(=O)NCCOC(=O)c2ccc(Br)c(S(=O)(=O)N(C)C)c2)cc1. The van der Waals surface area contributed by atoms with Gasteiger partial charge in [-0.05, 0) is 53.0 Å². The van der Waals surface area contributed by atoms with Crippen LogP contribution in [0.15, 0.2) is 51.8 Å². The molecule has 0 bridgehead atoms. The van der Waals surface area contributed by atoms with Gasteiger partial charge in [0.2, 0.25) is 15.9 Å². The molecule has 0 aromatic heterocycles. The van der Waals surface area contributed by atoms with Crippen molar-refractivity contribution < 1.29 is 22.7 Å². The Labute approximate surface area is 185 Å². The van der Waals surface area contributed by atoms with Gasteiger partial charge >= 0.3 is 5.97 Å². The van der Waals surface area contributed by atoms with Crippen LogP contribution in [-0.2, 0) is 26.0 Å². The second-order valence-electron chi connectivity index (χ2n) is 6.90. The van der Waals surface area contributed by atoms with Gasteiger partial charge in [-0.1, -0.05) is 29.8 Å². The van der Waals surface area contributed by atoms with Gasteiger partial charge in [-0.3, -0.25) is 4.79 Å². The maximum Gasteiger partial charge on any atom is 0.338 e. The topological polar surface area (TPSA) is 92.8 Å². The Morgan fingerprint density at radius 1 is 1.10 bits per heavy atom. The van der Waals surface area contributed by atoms with E-state index in [0.29, 0.717) is 17.3 Å². The van der Waals surface area contributed by atoms with Crippen molar-refractivity contribution in [3.8, 4) is 0 Å². The van der Waals surface area contributed by atoms with Crippen molar-refractivity contribution in [2.24, 2.45) is 0 Å². The standard InChI is InChI=1S/C21H25BrN2O5S/c1-15-4-6-16(7-5-15)8-11-20(25)23-12-13-29-21(26)17-9-10-18(22)19(14-17)30(27,28)24(2)3/h4-7,9-10,14H,8,11-13H2,1-3H3,(H,23,25). The van der Waals surface area contributed by atoms with Crippen LogP contribution in [-0.4, -0.2) is 51.8 Å². The lowest BCUT2D eigenvalue weighted by molar-refractivity contribution is -0.121. The fraction of sp³-hybridized carbons (Fsp3) is 0.333. The molecule has 0 aliphatic rings. The molecule has 9 heteroatoms. The van der Waals surface area contributed by atoms with Crippen molar-refractivity contribution >= 4 is 37.8 Å². The Morgan fingerprint density at radius 3 is 2.40 bits per heavy atom. The number of ether oxygens (including phenoxy) is 1. The highest BCUT2D eigenvalue weighted by Crippen LogP contribution is 2.25. The lowest BCUT2D eigenvalue weighted by atomic mass is 10.1. The van der Waals surface area contributed by atoms with Crippen molar-refractivity contribution in [3.63, 3.8) is 0 Å². The lowest BCUT2D eigenvalue weighted by Crippen LogP contribution is -2.28. The summed E-state index contributed by atoms with van der Waals surface area (Å²) in [4.78, 5) is 24.1.